The Labute approximate surface area is 158 Å². The Kier molecular flexibility index (Phi) is 6.24. The molecule has 0 radical (unpaired) electrons. The normalized spacial score (nSPS) is 12.1. The summed E-state index contributed by atoms with van der Waals surface area (Å²) in [4.78, 5) is 10.7. The second-order valence-corrected chi connectivity index (χ2v) is 9.15. The monoisotopic (exact) mass is 411 g/mol. The molecule has 2 aromatic rings. The van der Waals surface area contributed by atoms with Crippen LogP contribution in [0.25, 0.3) is 0 Å². The van der Waals surface area contributed by atoms with Crippen LogP contribution in [-0.4, -0.2) is 40.2 Å². The Morgan fingerprint density at radius 3 is 2.04 bits per heavy atom. The summed E-state index contributed by atoms with van der Waals surface area (Å²) in [5.41, 5.74) is -0.118. The lowest BCUT2D eigenvalue weighted by atomic mass is 10.2. The first-order valence-electron chi connectivity index (χ1n) is 8.06. The van der Waals surface area contributed by atoms with Crippen LogP contribution in [0.3, 0.4) is 0 Å². The molecule has 146 valence electrons. The van der Waals surface area contributed by atoms with Crippen molar-refractivity contribution in [3.8, 4) is 0 Å². The molecule has 0 aliphatic rings. The Balaban J connectivity index is 2.30. The number of carbonyl (C=O) groups excluding carboxylic acids is 1. The molecule has 27 heavy (non-hydrogen) atoms. The van der Waals surface area contributed by atoms with Crippen molar-refractivity contribution in [2.75, 3.05) is 17.8 Å². The molecule has 0 saturated carbocycles. The fourth-order valence-electron chi connectivity index (χ4n) is 2.43. The van der Waals surface area contributed by atoms with Crippen molar-refractivity contribution < 1.29 is 26.7 Å². The number of hydrogen-bond acceptors (Lipinski definition) is 6. The van der Waals surface area contributed by atoms with E-state index in [1.807, 2.05) is 0 Å². The fraction of sp³-hybridized carbons (Fsp3) is 0.235. The second-order valence-electron chi connectivity index (χ2n) is 5.53. The van der Waals surface area contributed by atoms with E-state index in [0.29, 0.717) is 13.1 Å². The maximum absolute atomic E-state index is 12.5. The fourth-order valence-corrected chi connectivity index (χ4v) is 4.93. The van der Waals surface area contributed by atoms with Gasteiger partial charge < -0.3 is 9.90 Å². The number of benzene rings is 2. The van der Waals surface area contributed by atoms with Crippen molar-refractivity contribution >= 4 is 31.7 Å². The molecule has 0 spiro atoms. The van der Waals surface area contributed by atoms with Gasteiger partial charge in [-0.2, -0.15) is 4.31 Å². The SMILES string of the molecule is CCN(CC)S(=O)(=O)c1ccc(S(=O)(=O)Nc2cccc(C(=O)[O-])c2)cc1. The minimum Gasteiger partial charge on any atom is -0.545 e. The van der Waals surface area contributed by atoms with E-state index in [4.69, 9.17) is 0 Å². The molecule has 0 heterocycles. The van der Waals surface area contributed by atoms with Crippen molar-refractivity contribution in [2.24, 2.45) is 0 Å². The number of sulfonamides is 2. The van der Waals surface area contributed by atoms with Crippen LogP contribution in [0.2, 0.25) is 0 Å². The maximum atomic E-state index is 12.5. The molecule has 2 rings (SSSR count). The Hall–Kier alpha value is -2.43. The van der Waals surface area contributed by atoms with Gasteiger partial charge in [-0.1, -0.05) is 26.0 Å². The van der Waals surface area contributed by atoms with Crippen LogP contribution in [0.15, 0.2) is 58.3 Å². The average Bonchev–Trinajstić information content (AvgIpc) is 2.62. The van der Waals surface area contributed by atoms with Crippen molar-refractivity contribution in [2.45, 2.75) is 23.6 Å². The van der Waals surface area contributed by atoms with Crippen LogP contribution in [-0.2, 0) is 20.0 Å². The van der Waals surface area contributed by atoms with Gasteiger partial charge in [-0.15, -0.1) is 0 Å². The molecule has 0 aliphatic carbocycles. The van der Waals surface area contributed by atoms with E-state index >= 15 is 0 Å². The molecule has 0 unspecified atom stereocenters. The summed E-state index contributed by atoms with van der Waals surface area (Å²) >= 11 is 0. The van der Waals surface area contributed by atoms with Crippen LogP contribution < -0.4 is 9.83 Å². The first-order valence-corrected chi connectivity index (χ1v) is 11.0. The number of carboxylic acid groups (broad SMARTS) is 1. The number of nitrogens with zero attached hydrogens (tertiary/aromatic N) is 1. The quantitative estimate of drug-likeness (QED) is 0.688. The minimum atomic E-state index is -4.02. The first-order chi connectivity index (χ1) is 12.6. The molecular weight excluding hydrogens is 392 g/mol. The maximum Gasteiger partial charge on any atom is 0.261 e. The van der Waals surface area contributed by atoms with Gasteiger partial charge in [0.1, 0.15) is 0 Å². The molecule has 0 aromatic heterocycles. The van der Waals surface area contributed by atoms with Gasteiger partial charge in [0.25, 0.3) is 10.0 Å². The van der Waals surface area contributed by atoms with Gasteiger partial charge in [-0.3, -0.25) is 4.72 Å². The zero-order valence-corrected chi connectivity index (χ0v) is 16.4. The lowest BCUT2D eigenvalue weighted by molar-refractivity contribution is -0.255. The summed E-state index contributed by atoms with van der Waals surface area (Å²) in [6.07, 6.45) is 0. The summed E-state index contributed by atoms with van der Waals surface area (Å²) < 4.78 is 53.3. The van der Waals surface area contributed by atoms with Gasteiger partial charge in [0.05, 0.1) is 15.8 Å². The van der Waals surface area contributed by atoms with Crippen LogP contribution in [0.1, 0.15) is 24.2 Å². The van der Waals surface area contributed by atoms with Crippen molar-refractivity contribution in [1.82, 2.24) is 4.31 Å². The molecular formula is C17H19N2O6S2-. The third-order valence-corrected chi connectivity index (χ3v) is 7.29. The third kappa shape index (κ3) is 4.65. The van der Waals surface area contributed by atoms with E-state index in [-0.39, 0.29) is 21.0 Å². The topological polar surface area (TPSA) is 124 Å². The predicted octanol–water partition coefficient (Wildman–Crippen LogP) is 0.881. The summed E-state index contributed by atoms with van der Waals surface area (Å²) in [6, 6.07) is 9.99. The third-order valence-electron chi connectivity index (χ3n) is 3.83. The predicted molar refractivity (Wildman–Crippen MR) is 98.1 cm³/mol. The summed E-state index contributed by atoms with van der Waals surface area (Å²) in [5.74, 6) is -1.43. The summed E-state index contributed by atoms with van der Waals surface area (Å²) in [5, 5.41) is 10.9. The van der Waals surface area contributed by atoms with Crippen LogP contribution in [0.5, 0.6) is 0 Å². The molecule has 0 aliphatic heterocycles. The molecule has 2 aromatic carbocycles. The highest BCUT2D eigenvalue weighted by Crippen LogP contribution is 2.21. The smallest absolute Gasteiger partial charge is 0.261 e. The molecule has 0 bridgehead atoms. The van der Waals surface area contributed by atoms with E-state index in [0.717, 1.165) is 6.07 Å². The van der Waals surface area contributed by atoms with Crippen LogP contribution in [0.4, 0.5) is 5.69 Å². The molecule has 1 N–H and O–H groups in total. The molecule has 10 heteroatoms. The van der Waals surface area contributed by atoms with Gasteiger partial charge in [0.2, 0.25) is 10.0 Å². The van der Waals surface area contributed by atoms with Crippen molar-refractivity contribution in [3.05, 3.63) is 54.1 Å². The molecule has 0 amide bonds. The van der Waals surface area contributed by atoms with E-state index < -0.39 is 26.0 Å². The highest BCUT2D eigenvalue weighted by atomic mass is 32.2. The van der Waals surface area contributed by atoms with Crippen molar-refractivity contribution in [1.29, 1.82) is 0 Å². The van der Waals surface area contributed by atoms with Crippen LogP contribution >= 0.6 is 0 Å². The Morgan fingerprint density at radius 1 is 0.963 bits per heavy atom. The van der Waals surface area contributed by atoms with Crippen molar-refractivity contribution in [3.63, 3.8) is 0 Å². The van der Waals surface area contributed by atoms with Gasteiger partial charge in [-0.25, -0.2) is 16.8 Å². The lowest BCUT2D eigenvalue weighted by Gasteiger charge is -2.18. The molecule has 0 fully saturated rings. The number of aromatic carboxylic acids is 1. The molecule has 0 saturated heterocycles. The number of nitrogens with one attached hydrogen (secondary N) is 1. The second kappa shape index (κ2) is 8.07. The van der Waals surface area contributed by atoms with Gasteiger partial charge in [0, 0.05) is 18.8 Å². The zero-order chi connectivity index (χ0) is 20.2. The van der Waals surface area contributed by atoms with Gasteiger partial charge >= 0.3 is 0 Å². The number of carboxylic acids is 1. The number of rotatable bonds is 8. The number of anilines is 1. The molecule has 8 nitrogen and oxygen atoms in total. The van der Waals surface area contributed by atoms with Crippen LogP contribution in [0, 0.1) is 0 Å². The Bertz CT molecular complexity index is 1030. The number of hydrogen-bond donors (Lipinski definition) is 1. The minimum absolute atomic E-state index is 0.0101. The van der Waals surface area contributed by atoms with E-state index in [1.165, 1.54) is 46.8 Å². The van der Waals surface area contributed by atoms with E-state index in [1.54, 1.807) is 13.8 Å². The van der Waals surface area contributed by atoms with Gasteiger partial charge in [0.15, 0.2) is 0 Å². The first kappa shape index (κ1) is 20.9. The van der Waals surface area contributed by atoms with Gasteiger partial charge in [-0.05, 0) is 42.0 Å². The highest BCUT2D eigenvalue weighted by Gasteiger charge is 2.22. The zero-order valence-electron chi connectivity index (χ0n) is 14.7. The van der Waals surface area contributed by atoms with E-state index in [9.17, 15) is 26.7 Å². The lowest BCUT2D eigenvalue weighted by Crippen LogP contribution is -2.30. The molecule has 0 atom stereocenters. The highest BCUT2D eigenvalue weighted by molar-refractivity contribution is 7.92. The van der Waals surface area contributed by atoms with E-state index in [2.05, 4.69) is 4.72 Å². The summed E-state index contributed by atoms with van der Waals surface area (Å²) in [7, 11) is -7.71. The standard InChI is InChI=1S/C17H20N2O6S2/c1-3-19(4-2)27(24,25)16-10-8-15(9-11-16)26(22,23)18-14-7-5-6-13(12-14)17(20)21/h5-12,18H,3-4H2,1-2H3,(H,20,21)/p-1. The number of carbonyl (C=O) groups is 1. The summed E-state index contributed by atoms with van der Waals surface area (Å²) in [6.45, 7) is 4.03. The average molecular weight is 411 g/mol. The Morgan fingerprint density at radius 2 is 1.52 bits per heavy atom. The largest absolute Gasteiger partial charge is 0.545 e.